The number of benzene rings is 1. The predicted octanol–water partition coefficient (Wildman–Crippen LogP) is 1.74. The molecule has 1 heterocycles. The number of halogens is 1. The van der Waals surface area contributed by atoms with Crippen molar-refractivity contribution >= 4 is 5.91 Å². The molecule has 2 rings (SSSR count). The van der Waals surface area contributed by atoms with Gasteiger partial charge in [-0.05, 0) is 19.9 Å². The van der Waals surface area contributed by atoms with E-state index in [2.05, 4.69) is 20.5 Å². The van der Waals surface area contributed by atoms with Crippen LogP contribution in [0.15, 0.2) is 24.3 Å². The molecule has 0 aliphatic rings. The van der Waals surface area contributed by atoms with Crippen molar-refractivity contribution in [3.63, 3.8) is 0 Å². The molecule has 5 nitrogen and oxygen atoms in total. The summed E-state index contributed by atoms with van der Waals surface area (Å²) in [7, 11) is 0. The number of aromatic nitrogens is 3. The van der Waals surface area contributed by atoms with E-state index in [0.717, 1.165) is 0 Å². The number of nitrogens with one attached hydrogen (secondary N) is 2. The molecule has 1 amide bonds. The van der Waals surface area contributed by atoms with Crippen molar-refractivity contribution in [2.75, 3.05) is 0 Å². The van der Waals surface area contributed by atoms with Crippen LogP contribution in [0.5, 0.6) is 0 Å². The van der Waals surface area contributed by atoms with Crippen LogP contribution in [0.2, 0.25) is 0 Å². The van der Waals surface area contributed by atoms with E-state index in [4.69, 9.17) is 0 Å². The van der Waals surface area contributed by atoms with E-state index in [1.165, 1.54) is 6.07 Å². The largest absolute Gasteiger partial charge is 0.343 e. The van der Waals surface area contributed by atoms with Crippen LogP contribution < -0.4 is 5.32 Å². The summed E-state index contributed by atoms with van der Waals surface area (Å²) < 4.78 is 13.5. The number of hydrogen-bond donors (Lipinski definition) is 2. The lowest BCUT2D eigenvalue weighted by Crippen LogP contribution is -2.28. The van der Waals surface area contributed by atoms with Gasteiger partial charge in [0.25, 0.3) is 5.91 Å². The van der Waals surface area contributed by atoms with Gasteiger partial charge in [-0.1, -0.05) is 18.2 Å². The second-order valence-electron chi connectivity index (χ2n) is 3.96. The summed E-state index contributed by atoms with van der Waals surface area (Å²) in [5.41, 5.74) is 0.429. The highest BCUT2D eigenvalue weighted by molar-refractivity contribution is 5.90. The Bertz CT molecular complexity index is 567. The Hall–Kier alpha value is -2.24. The van der Waals surface area contributed by atoms with Crippen molar-refractivity contribution in [1.82, 2.24) is 20.5 Å². The standard InChI is InChI=1S/C12H13FN4O/c1-7(9-5-3-4-6-10(9)13)14-12(18)11-15-8(2)16-17-11/h3-7H,1-2H3,(H,14,18)(H,15,16,17). The van der Waals surface area contributed by atoms with Gasteiger partial charge in [0.15, 0.2) is 0 Å². The number of hydrogen-bond acceptors (Lipinski definition) is 3. The second-order valence-corrected chi connectivity index (χ2v) is 3.96. The highest BCUT2D eigenvalue weighted by Gasteiger charge is 2.16. The van der Waals surface area contributed by atoms with Gasteiger partial charge in [-0.3, -0.25) is 9.89 Å². The molecule has 94 valence electrons. The van der Waals surface area contributed by atoms with Crippen LogP contribution in [-0.2, 0) is 0 Å². The van der Waals surface area contributed by atoms with E-state index in [1.807, 2.05) is 0 Å². The zero-order valence-electron chi connectivity index (χ0n) is 10.1. The summed E-state index contributed by atoms with van der Waals surface area (Å²) in [6.07, 6.45) is 0. The maximum absolute atomic E-state index is 13.5. The molecule has 6 heteroatoms. The number of carbonyl (C=O) groups excluding carboxylic acids is 1. The zero-order valence-corrected chi connectivity index (χ0v) is 10.1. The van der Waals surface area contributed by atoms with Crippen molar-refractivity contribution in [3.05, 3.63) is 47.3 Å². The molecular weight excluding hydrogens is 235 g/mol. The first-order valence-electron chi connectivity index (χ1n) is 5.52. The molecule has 1 aromatic carbocycles. The Kier molecular flexibility index (Phi) is 3.36. The predicted molar refractivity (Wildman–Crippen MR) is 63.4 cm³/mol. The molecule has 0 aliphatic heterocycles. The number of aromatic amines is 1. The quantitative estimate of drug-likeness (QED) is 0.869. The van der Waals surface area contributed by atoms with Gasteiger partial charge in [0.2, 0.25) is 5.82 Å². The number of rotatable bonds is 3. The molecule has 1 unspecified atom stereocenters. The number of amides is 1. The molecule has 2 aromatic rings. The van der Waals surface area contributed by atoms with E-state index < -0.39 is 11.9 Å². The van der Waals surface area contributed by atoms with Crippen molar-refractivity contribution in [3.8, 4) is 0 Å². The molecule has 0 fully saturated rings. The smallest absolute Gasteiger partial charge is 0.291 e. The molecule has 0 saturated carbocycles. The van der Waals surface area contributed by atoms with Crippen LogP contribution >= 0.6 is 0 Å². The molecule has 0 saturated heterocycles. The summed E-state index contributed by atoms with van der Waals surface area (Å²) in [5.74, 6) is -0.180. The van der Waals surface area contributed by atoms with E-state index in [1.54, 1.807) is 32.0 Å². The number of H-pyrrole nitrogens is 1. The lowest BCUT2D eigenvalue weighted by Gasteiger charge is -2.13. The summed E-state index contributed by atoms with van der Waals surface area (Å²) in [5, 5.41) is 8.96. The lowest BCUT2D eigenvalue weighted by molar-refractivity contribution is 0.0929. The van der Waals surface area contributed by atoms with Gasteiger partial charge in [-0.15, -0.1) is 5.10 Å². The van der Waals surface area contributed by atoms with Crippen LogP contribution in [0.3, 0.4) is 0 Å². The van der Waals surface area contributed by atoms with E-state index in [0.29, 0.717) is 11.4 Å². The third-order valence-corrected chi connectivity index (χ3v) is 2.52. The summed E-state index contributed by atoms with van der Waals surface area (Å²) in [6.45, 7) is 3.40. The minimum Gasteiger partial charge on any atom is -0.343 e. The van der Waals surface area contributed by atoms with E-state index in [-0.39, 0.29) is 11.6 Å². The van der Waals surface area contributed by atoms with Gasteiger partial charge in [0, 0.05) is 5.56 Å². The van der Waals surface area contributed by atoms with Crippen LogP contribution in [0.25, 0.3) is 0 Å². The molecular formula is C12H13FN4O. The third-order valence-electron chi connectivity index (χ3n) is 2.52. The van der Waals surface area contributed by atoms with Crippen LogP contribution in [0, 0.1) is 12.7 Å². The average molecular weight is 248 g/mol. The number of aryl methyl sites for hydroxylation is 1. The molecule has 0 aliphatic carbocycles. The fourth-order valence-electron chi connectivity index (χ4n) is 1.61. The minimum absolute atomic E-state index is 0.0516. The van der Waals surface area contributed by atoms with Crippen LogP contribution in [0.1, 0.15) is 35.0 Å². The van der Waals surface area contributed by atoms with E-state index in [9.17, 15) is 9.18 Å². The van der Waals surface area contributed by atoms with Gasteiger partial charge < -0.3 is 5.32 Å². The first-order valence-corrected chi connectivity index (χ1v) is 5.52. The fourth-order valence-corrected chi connectivity index (χ4v) is 1.61. The minimum atomic E-state index is -0.447. The highest BCUT2D eigenvalue weighted by atomic mass is 19.1. The average Bonchev–Trinajstić information content (AvgIpc) is 2.76. The normalized spacial score (nSPS) is 12.2. The molecule has 0 spiro atoms. The van der Waals surface area contributed by atoms with E-state index >= 15 is 0 Å². The molecule has 2 N–H and O–H groups in total. The Morgan fingerprint density at radius 2 is 2.17 bits per heavy atom. The van der Waals surface area contributed by atoms with Gasteiger partial charge >= 0.3 is 0 Å². The number of carbonyl (C=O) groups is 1. The van der Waals surface area contributed by atoms with Gasteiger partial charge in [-0.2, -0.15) is 0 Å². The van der Waals surface area contributed by atoms with Crippen molar-refractivity contribution < 1.29 is 9.18 Å². The van der Waals surface area contributed by atoms with Crippen molar-refractivity contribution in [1.29, 1.82) is 0 Å². The molecule has 0 bridgehead atoms. The first kappa shape index (κ1) is 12.2. The van der Waals surface area contributed by atoms with Crippen molar-refractivity contribution in [2.45, 2.75) is 19.9 Å². The summed E-state index contributed by atoms with van der Waals surface area (Å²) in [4.78, 5) is 15.7. The maximum atomic E-state index is 13.5. The third kappa shape index (κ3) is 2.53. The highest BCUT2D eigenvalue weighted by Crippen LogP contribution is 2.16. The molecule has 0 radical (unpaired) electrons. The Morgan fingerprint density at radius 1 is 1.44 bits per heavy atom. The molecule has 18 heavy (non-hydrogen) atoms. The van der Waals surface area contributed by atoms with Gasteiger partial charge in [-0.25, -0.2) is 9.37 Å². The zero-order chi connectivity index (χ0) is 13.1. The topological polar surface area (TPSA) is 70.7 Å². The lowest BCUT2D eigenvalue weighted by atomic mass is 10.1. The molecule has 1 aromatic heterocycles. The Morgan fingerprint density at radius 3 is 2.78 bits per heavy atom. The molecule has 1 atom stereocenters. The number of nitrogens with zero attached hydrogens (tertiary/aromatic N) is 2. The maximum Gasteiger partial charge on any atom is 0.291 e. The SMILES string of the molecule is Cc1nc(C(=O)NC(C)c2ccccc2F)n[nH]1. The van der Waals surface area contributed by atoms with Crippen molar-refractivity contribution in [2.24, 2.45) is 0 Å². The summed E-state index contributed by atoms with van der Waals surface area (Å²) >= 11 is 0. The van der Waals surface area contributed by atoms with Crippen LogP contribution in [0.4, 0.5) is 4.39 Å². The van der Waals surface area contributed by atoms with Gasteiger partial charge in [0.05, 0.1) is 6.04 Å². The Labute approximate surface area is 103 Å². The second kappa shape index (κ2) is 4.95. The Balaban J connectivity index is 2.10. The van der Waals surface area contributed by atoms with Crippen LogP contribution in [-0.4, -0.2) is 21.1 Å². The fraction of sp³-hybridized carbons (Fsp3) is 0.250. The van der Waals surface area contributed by atoms with Gasteiger partial charge in [0.1, 0.15) is 11.6 Å². The first-order chi connectivity index (χ1) is 8.58. The monoisotopic (exact) mass is 248 g/mol. The summed E-state index contributed by atoms with van der Waals surface area (Å²) in [6, 6.07) is 5.86.